The highest BCUT2D eigenvalue weighted by Gasteiger charge is 2.21. The number of benzene rings is 2. The molecule has 0 bridgehead atoms. The van der Waals surface area contributed by atoms with Crippen LogP contribution in [0.3, 0.4) is 0 Å². The van der Waals surface area contributed by atoms with E-state index in [0.29, 0.717) is 11.3 Å². The van der Waals surface area contributed by atoms with Gasteiger partial charge in [0.2, 0.25) is 5.91 Å². The van der Waals surface area contributed by atoms with Gasteiger partial charge in [-0.25, -0.2) is 0 Å². The molecule has 1 aliphatic heterocycles. The van der Waals surface area contributed by atoms with Crippen molar-refractivity contribution in [1.29, 1.82) is 0 Å². The van der Waals surface area contributed by atoms with Gasteiger partial charge in [-0.15, -0.1) is 0 Å². The highest BCUT2D eigenvalue weighted by atomic mass is 35.5. The Bertz CT molecular complexity index is 851. The second-order valence-corrected chi connectivity index (χ2v) is 6.93. The van der Waals surface area contributed by atoms with Gasteiger partial charge in [0.15, 0.2) is 0 Å². The number of hydrogen-bond donors (Lipinski definition) is 1. The van der Waals surface area contributed by atoms with E-state index < -0.39 is 4.92 Å². The van der Waals surface area contributed by atoms with Gasteiger partial charge >= 0.3 is 0 Å². The standard InChI is InChI=1S/C19H21ClN4O3/c1-14-6-7-15(12-18(14)24(26)27)21-19(25)13-22-8-10-23(11-9-22)17-5-3-2-4-16(17)20/h2-7,12H,8-11,13H2,1H3,(H,21,25). The fourth-order valence-corrected chi connectivity index (χ4v) is 3.40. The Morgan fingerprint density at radius 3 is 2.56 bits per heavy atom. The van der Waals surface area contributed by atoms with Crippen LogP contribution in [0.25, 0.3) is 0 Å². The SMILES string of the molecule is Cc1ccc(NC(=O)CN2CCN(c3ccccc3Cl)CC2)cc1[N+](=O)[O-]. The summed E-state index contributed by atoms with van der Waals surface area (Å²) in [6.07, 6.45) is 0. The van der Waals surface area contributed by atoms with Gasteiger partial charge in [0.05, 0.1) is 22.2 Å². The second kappa shape index (κ2) is 8.37. The maximum absolute atomic E-state index is 12.3. The van der Waals surface area contributed by atoms with Crippen LogP contribution in [0.2, 0.25) is 5.02 Å². The minimum absolute atomic E-state index is 0.00107. The number of nitro benzene ring substituents is 1. The fraction of sp³-hybridized carbons (Fsp3) is 0.316. The summed E-state index contributed by atoms with van der Waals surface area (Å²) >= 11 is 6.25. The molecular weight excluding hydrogens is 368 g/mol. The molecule has 1 saturated heterocycles. The van der Waals surface area contributed by atoms with Crippen LogP contribution in [0.4, 0.5) is 17.1 Å². The van der Waals surface area contributed by atoms with E-state index >= 15 is 0 Å². The van der Waals surface area contributed by atoms with E-state index in [1.165, 1.54) is 6.07 Å². The average Bonchev–Trinajstić information content (AvgIpc) is 2.64. The van der Waals surface area contributed by atoms with Crippen molar-refractivity contribution in [1.82, 2.24) is 4.90 Å². The summed E-state index contributed by atoms with van der Waals surface area (Å²) < 4.78 is 0. The first-order valence-corrected chi connectivity index (χ1v) is 9.08. The molecule has 0 saturated carbocycles. The zero-order valence-corrected chi connectivity index (χ0v) is 15.8. The number of nitrogens with one attached hydrogen (secondary N) is 1. The second-order valence-electron chi connectivity index (χ2n) is 6.52. The van der Waals surface area contributed by atoms with Crippen molar-refractivity contribution in [3.05, 3.63) is 63.2 Å². The van der Waals surface area contributed by atoms with Crippen molar-refractivity contribution in [2.24, 2.45) is 0 Å². The van der Waals surface area contributed by atoms with Crippen LogP contribution >= 0.6 is 11.6 Å². The quantitative estimate of drug-likeness (QED) is 0.628. The van der Waals surface area contributed by atoms with Gasteiger partial charge in [-0.1, -0.05) is 29.8 Å². The van der Waals surface area contributed by atoms with E-state index in [1.54, 1.807) is 19.1 Å². The number of nitro groups is 1. The Hall–Kier alpha value is -2.64. The Labute approximate surface area is 162 Å². The number of piperazine rings is 1. The topological polar surface area (TPSA) is 78.7 Å². The van der Waals surface area contributed by atoms with Crippen LogP contribution in [-0.2, 0) is 4.79 Å². The van der Waals surface area contributed by atoms with Gasteiger partial charge in [0, 0.05) is 43.5 Å². The molecule has 3 rings (SSSR count). The minimum atomic E-state index is -0.446. The molecule has 1 amide bonds. The Balaban J connectivity index is 1.53. The van der Waals surface area contributed by atoms with Crippen molar-refractivity contribution < 1.29 is 9.72 Å². The predicted molar refractivity (Wildman–Crippen MR) is 107 cm³/mol. The van der Waals surface area contributed by atoms with Gasteiger partial charge < -0.3 is 10.2 Å². The number of anilines is 2. The monoisotopic (exact) mass is 388 g/mol. The molecule has 0 radical (unpaired) electrons. The van der Waals surface area contributed by atoms with Crippen molar-refractivity contribution in [2.75, 3.05) is 42.9 Å². The number of carbonyl (C=O) groups is 1. The molecule has 1 heterocycles. The molecule has 0 aliphatic carbocycles. The van der Waals surface area contributed by atoms with Gasteiger partial charge in [-0.05, 0) is 25.1 Å². The zero-order chi connectivity index (χ0) is 19.4. The Morgan fingerprint density at radius 1 is 1.19 bits per heavy atom. The third-order valence-electron chi connectivity index (χ3n) is 4.62. The predicted octanol–water partition coefficient (Wildman–Crippen LogP) is 3.32. The molecule has 27 heavy (non-hydrogen) atoms. The number of aryl methyl sites for hydroxylation is 1. The molecule has 1 aliphatic rings. The van der Waals surface area contributed by atoms with Crippen LogP contribution in [0.15, 0.2) is 42.5 Å². The fourth-order valence-electron chi connectivity index (χ4n) is 3.14. The van der Waals surface area contributed by atoms with Crippen LogP contribution in [0, 0.1) is 17.0 Å². The molecule has 142 valence electrons. The number of nitrogens with zero attached hydrogens (tertiary/aromatic N) is 3. The summed E-state index contributed by atoms with van der Waals surface area (Å²) in [5, 5.41) is 14.5. The van der Waals surface area contributed by atoms with Crippen molar-refractivity contribution in [3.8, 4) is 0 Å². The largest absolute Gasteiger partial charge is 0.368 e. The molecule has 2 aromatic rings. The zero-order valence-electron chi connectivity index (χ0n) is 15.0. The Morgan fingerprint density at radius 2 is 1.89 bits per heavy atom. The molecule has 0 unspecified atom stereocenters. The molecule has 0 aromatic heterocycles. The molecular formula is C19H21ClN4O3. The maximum atomic E-state index is 12.3. The van der Waals surface area contributed by atoms with E-state index in [1.807, 2.05) is 24.3 Å². The maximum Gasteiger partial charge on any atom is 0.274 e. The highest BCUT2D eigenvalue weighted by molar-refractivity contribution is 6.33. The molecule has 0 atom stereocenters. The van der Waals surface area contributed by atoms with E-state index in [0.717, 1.165) is 36.9 Å². The van der Waals surface area contributed by atoms with Gasteiger partial charge in [-0.2, -0.15) is 0 Å². The van der Waals surface area contributed by atoms with Crippen LogP contribution in [0.5, 0.6) is 0 Å². The lowest BCUT2D eigenvalue weighted by atomic mass is 10.2. The molecule has 0 spiro atoms. The summed E-state index contributed by atoms with van der Waals surface area (Å²) in [7, 11) is 0. The van der Waals surface area contributed by atoms with Crippen molar-refractivity contribution >= 4 is 34.6 Å². The van der Waals surface area contributed by atoms with E-state index in [4.69, 9.17) is 11.6 Å². The number of carbonyl (C=O) groups excluding carboxylic acids is 1. The third kappa shape index (κ3) is 4.75. The van der Waals surface area contributed by atoms with Crippen molar-refractivity contribution in [3.63, 3.8) is 0 Å². The number of halogens is 1. The van der Waals surface area contributed by atoms with Gasteiger partial charge in [-0.3, -0.25) is 19.8 Å². The Kier molecular flexibility index (Phi) is 5.93. The lowest BCUT2D eigenvalue weighted by Crippen LogP contribution is -2.48. The average molecular weight is 389 g/mol. The lowest BCUT2D eigenvalue weighted by molar-refractivity contribution is -0.385. The smallest absolute Gasteiger partial charge is 0.274 e. The third-order valence-corrected chi connectivity index (χ3v) is 4.94. The first-order chi connectivity index (χ1) is 12.9. The van der Waals surface area contributed by atoms with Crippen LogP contribution < -0.4 is 10.2 Å². The van der Waals surface area contributed by atoms with Gasteiger partial charge in [0.25, 0.3) is 5.69 Å². The highest BCUT2D eigenvalue weighted by Crippen LogP contribution is 2.26. The van der Waals surface area contributed by atoms with Crippen molar-refractivity contribution in [2.45, 2.75) is 6.92 Å². The molecule has 2 aromatic carbocycles. The number of rotatable bonds is 5. The molecule has 7 nitrogen and oxygen atoms in total. The minimum Gasteiger partial charge on any atom is -0.368 e. The van der Waals surface area contributed by atoms with E-state index in [9.17, 15) is 14.9 Å². The van der Waals surface area contributed by atoms with Crippen LogP contribution in [-0.4, -0.2) is 48.5 Å². The van der Waals surface area contributed by atoms with Crippen LogP contribution in [0.1, 0.15) is 5.56 Å². The first kappa shape index (κ1) is 19.1. The summed E-state index contributed by atoms with van der Waals surface area (Å²) in [6.45, 7) is 4.97. The summed E-state index contributed by atoms with van der Waals surface area (Å²) in [5.74, 6) is -0.181. The van der Waals surface area contributed by atoms with E-state index in [2.05, 4.69) is 15.1 Å². The number of para-hydroxylation sites is 1. The van der Waals surface area contributed by atoms with Gasteiger partial charge in [0.1, 0.15) is 0 Å². The number of hydrogen-bond acceptors (Lipinski definition) is 5. The normalized spacial score (nSPS) is 14.8. The summed E-state index contributed by atoms with van der Waals surface area (Å²) in [4.78, 5) is 27.1. The summed E-state index contributed by atoms with van der Waals surface area (Å²) in [6, 6.07) is 12.4. The molecule has 8 heteroatoms. The molecule has 1 fully saturated rings. The number of amides is 1. The first-order valence-electron chi connectivity index (χ1n) is 8.71. The van der Waals surface area contributed by atoms with E-state index in [-0.39, 0.29) is 18.1 Å². The lowest BCUT2D eigenvalue weighted by Gasteiger charge is -2.36. The summed E-state index contributed by atoms with van der Waals surface area (Å²) in [5.41, 5.74) is 2.01. The molecule has 1 N–H and O–H groups in total.